The Morgan fingerprint density at radius 3 is 2.12 bits per heavy atom. The standard InChI is InChI=1S/C19H17FN4O/c1-12-7-13(2)9-17(8-12)23-18(25)14-10-21-19(22-11-14)24-16-5-3-15(20)4-6-16/h3-11H,1-2H3,(H,23,25)(H,21,22,24). The van der Waals surface area contributed by atoms with E-state index in [0.29, 0.717) is 17.2 Å². The van der Waals surface area contributed by atoms with Crippen LogP contribution in [0.3, 0.4) is 0 Å². The fourth-order valence-electron chi connectivity index (χ4n) is 2.42. The third kappa shape index (κ3) is 4.38. The minimum Gasteiger partial charge on any atom is -0.324 e. The number of carbonyl (C=O) groups is 1. The molecule has 0 bridgehead atoms. The van der Waals surface area contributed by atoms with Crippen molar-refractivity contribution in [2.45, 2.75) is 13.8 Å². The molecule has 0 aliphatic heterocycles. The van der Waals surface area contributed by atoms with Gasteiger partial charge in [-0.05, 0) is 61.4 Å². The van der Waals surface area contributed by atoms with Gasteiger partial charge < -0.3 is 10.6 Å². The highest BCUT2D eigenvalue weighted by atomic mass is 19.1. The SMILES string of the molecule is Cc1cc(C)cc(NC(=O)c2cnc(Nc3ccc(F)cc3)nc2)c1. The van der Waals surface area contributed by atoms with Gasteiger partial charge in [0.05, 0.1) is 5.56 Å². The van der Waals surface area contributed by atoms with E-state index in [1.165, 1.54) is 24.5 Å². The summed E-state index contributed by atoms with van der Waals surface area (Å²) in [6, 6.07) is 11.7. The molecule has 0 fully saturated rings. The zero-order chi connectivity index (χ0) is 17.8. The van der Waals surface area contributed by atoms with Crippen molar-refractivity contribution in [2.24, 2.45) is 0 Å². The Bertz CT molecular complexity index is 872. The summed E-state index contributed by atoms with van der Waals surface area (Å²) in [5.41, 5.74) is 3.89. The third-order valence-electron chi connectivity index (χ3n) is 3.49. The van der Waals surface area contributed by atoms with Gasteiger partial charge in [0, 0.05) is 23.8 Å². The lowest BCUT2D eigenvalue weighted by Crippen LogP contribution is -2.13. The highest BCUT2D eigenvalue weighted by molar-refractivity contribution is 6.04. The van der Waals surface area contributed by atoms with E-state index in [1.807, 2.05) is 32.0 Å². The van der Waals surface area contributed by atoms with Gasteiger partial charge in [-0.3, -0.25) is 4.79 Å². The fourth-order valence-corrected chi connectivity index (χ4v) is 2.42. The van der Waals surface area contributed by atoms with E-state index in [-0.39, 0.29) is 11.7 Å². The van der Waals surface area contributed by atoms with Crippen LogP contribution >= 0.6 is 0 Å². The van der Waals surface area contributed by atoms with Crippen molar-refractivity contribution in [1.82, 2.24) is 9.97 Å². The number of aryl methyl sites for hydroxylation is 2. The second-order valence-electron chi connectivity index (χ2n) is 5.76. The van der Waals surface area contributed by atoms with E-state index >= 15 is 0 Å². The Kier molecular flexibility index (Phi) is 4.70. The van der Waals surface area contributed by atoms with Crippen LogP contribution in [-0.4, -0.2) is 15.9 Å². The summed E-state index contributed by atoms with van der Waals surface area (Å²) in [6.07, 6.45) is 2.88. The first-order valence-electron chi connectivity index (χ1n) is 7.74. The summed E-state index contributed by atoms with van der Waals surface area (Å²) in [6.45, 7) is 3.95. The highest BCUT2D eigenvalue weighted by Crippen LogP contribution is 2.16. The number of nitrogens with one attached hydrogen (secondary N) is 2. The molecule has 2 aromatic carbocycles. The Labute approximate surface area is 145 Å². The van der Waals surface area contributed by atoms with Crippen LogP contribution < -0.4 is 10.6 Å². The molecule has 0 atom stereocenters. The predicted molar refractivity (Wildman–Crippen MR) is 95.6 cm³/mol. The summed E-state index contributed by atoms with van der Waals surface area (Å²) < 4.78 is 12.9. The van der Waals surface area contributed by atoms with Crippen LogP contribution in [-0.2, 0) is 0 Å². The van der Waals surface area contributed by atoms with Crippen molar-refractivity contribution in [1.29, 1.82) is 0 Å². The molecule has 1 amide bonds. The van der Waals surface area contributed by atoms with Crippen LogP contribution in [0.2, 0.25) is 0 Å². The molecule has 3 rings (SSSR count). The maximum Gasteiger partial charge on any atom is 0.258 e. The maximum absolute atomic E-state index is 12.9. The Balaban J connectivity index is 1.68. The van der Waals surface area contributed by atoms with E-state index in [4.69, 9.17) is 0 Å². The van der Waals surface area contributed by atoms with Crippen LogP contribution in [0.15, 0.2) is 54.9 Å². The largest absolute Gasteiger partial charge is 0.324 e. The van der Waals surface area contributed by atoms with Gasteiger partial charge in [0.2, 0.25) is 5.95 Å². The van der Waals surface area contributed by atoms with Gasteiger partial charge in [0.25, 0.3) is 5.91 Å². The first-order chi connectivity index (χ1) is 12.0. The molecule has 1 heterocycles. The van der Waals surface area contributed by atoms with Crippen LogP contribution in [0.1, 0.15) is 21.5 Å². The Morgan fingerprint density at radius 1 is 0.920 bits per heavy atom. The quantitative estimate of drug-likeness (QED) is 0.748. The number of benzene rings is 2. The lowest BCUT2D eigenvalue weighted by molar-refractivity contribution is 0.102. The van der Waals surface area contributed by atoms with Gasteiger partial charge in [-0.2, -0.15) is 0 Å². The summed E-state index contributed by atoms with van der Waals surface area (Å²) in [4.78, 5) is 20.5. The molecule has 0 saturated carbocycles. The monoisotopic (exact) mass is 336 g/mol. The second-order valence-corrected chi connectivity index (χ2v) is 5.76. The maximum atomic E-state index is 12.9. The molecule has 126 valence electrons. The van der Waals surface area contributed by atoms with Gasteiger partial charge in [-0.1, -0.05) is 6.07 Å². The van der Waals surface area contributed by atoms with E-state index in [0.717, 1.165) is 16.8 Å². The number of anilines is 3. The van der Waals surface area contributed by atoms with Crippen LogP contribution in [0.25, 0.3) is 0 Å². The highest BCUT2D eigenvalue weighted by Gasteiger charge is 2.08. The van der Waals surface area contributed by atoms with Crippen molar-refractivity contribution in [3.8, 4) is 0 Å². The molecular weight excluding hydrogens is 319 g/mol. The molecule has 25 heavy (non-hydrogen) atoms. The fraction of sp³-hybridized carbons (Fsp3) is 0.105. The van der Waals surface area contributed by atoms with Gasteiger partial charge in [0.15, 0.2) is 0 Å². The Hall–Kier alpha value is -3.28. The normalized spacial score (nSPS) is 10.4. The average molecular weight is 336 g/mol. The van der Waals surface area contributed by atoms with Crippen molar-refractivity contribution < 1.29 is 9.18 Å². The zero-order valence-electron chi connectivity index (χ0n) is 13.9. The van der Waals surface area contributed by atoms with E-state index in [9.17, 15) is 9.18 Å². The summed E-state index contributed by atoms with van der Waals surface area (Å²) in [5, 5.41) is 5.78. The van der Waals surface area contributed by atoms with Gasteiger partial charge in [-0.25, -0.2) is 14.4 Å². The molecule has 3 aromatic rings. The molecule has 2 N–H and O–H groups in total. The van der Waals surface area contributed by atoms with Crippen LogP contribution in [0.5, 0.6) is 0 Å². The zero-order valence-corrected chi connectivity index (χ0v) is 13.9. The molecule has 0 aliphatic rings. The molecule has 0 unspecified atom stereocenters. The number of rotatable bonds is 4. The summed E-state index contributed by atoms with van der Waals surface area (Å²) in [5.74, 6) is -0.266. The molecule has 0 aliphatic carbocycles. The molecular formula is C19H17FN4O. The number of hydrogen-bond acceptors (Lipinski definition) is 4. The predicted octanol–water partition coefficient (Wildman–Crippen LogP) is 4.23. The molecule has 1 aromatic heterocycles. The lowest BCUT2D eigenvalue weighted by atomic mass is 10.1. The third-order valence-corrected chi connectivity index (χ3v) is 3.49. The van der Waals surface area contributed by atoms with E-state index in [1.54, 1.807) is 12.1 Å². The van der Waals surface area contributed by atoms with Crippen molar-refractivity contribution >= 4 is 23.2 Å². The number of nitrogens with zero attached hydrogens (tertiary/aromatic N) is 2. The van der Waals surface area contributed by atoms with E-state index < -0.39 is 0 Å². The number of hydrogen-bond donors (Lipinski definition) is 2. The first-order valence-corrected chi connectivity index (χ1v) is 7.74. The number of carbonyl (C=O) groups excluding carboxylic acids is 1. The topological polar surface area (TPSA) is 66.9 Å². The first kappa shape index (κ1) is 16.6. The van der Waals surface area contributed by atoms with E-state index in [2.05, 4.69) is 20.6 Å². The molecule has 0 saturated heterocycles. The van der Waals surface area contributed by atoms with Crippen molar-refractivity contribution in [3.05, 3.63) is 77.4 Å². The summed E-state index contributed by atoms with van der Waals surface area (Å²) >= 11 is 0. The minimum atomic E-state index is -0.315. The second kappa shape index (κ2) is 7.09. The molecule has 0 spiro atoms. The van der Waals surface area contributed by atoms with Gasteiger partial charge in [0.1, 0.15) is 5.82 Å². The molecule has 6 heteroatoms. The number of amides is 1. The van der Waals surface area contributed by atoms with Crippen LogP contribution in [0, 0.1) is 19.7 Å². The summed E-state index contributed by atoms with van der Waals surface area (Å²) in [7, 11) is 0. The van der Waals surface area contributed by atoms with Crippen LogP contribution in [0.4, 0.5) is 21.7 Å². The lowest BCUT2D eigenvalue weighted by Gasteiger charge is -2.08. The van der Waals surface area contributed by atoms with Crippen molar-refractivity contribution in [2.75, 3.05) is 10.6 Å². The van der Waals surface area contributed by atoms with Gasteiger partial charge in [-0.15, -0.1) is 0 Å². The average Bonchev–Trinajstić information content (AvgIpc) is 2.56. The van der Waals surface area contributed by atoms with Crippen molar-refractivity contribution in [3.63, 3.8) is 0 Å². The smallest absolute Gasteiger partial charge is 0.258 e. The minimum absolute atomic E-state index is 0.279. The Morgan fingerprint density at radius 2 is 1.52 bits per heavy atom. The molecule has 0 radical (unpaired) electrons. The van der Waals surface area contributed by atoms with Gasteiger partial charge >= 0.3 is 0 Å². The molecule has 5 nitrogen and oxygen atoms in total. The number of halogens is 1. The number of aromatic nitrogens is 2.